The molecule has 0 saturated carbocycles. The average molecular weight is 716 g/mol. The van der Waals surface area contributed by atoms with E-state index in [0.29, 0.717) is 61.2 Å². The normalized spacial score (nSPS) is 14.5. The number of carbonyl (C=O) groups excluding carboxylic acids is 2. The second-order valence-electron chi connectivity index (χ2n) is 12.7. The number of rotatable bonds is 14. The number of likely N-dealkylation sites (tertiary alicyclic amines) is 1. The van der Waals surface area contributed by atoms with Crippen LogP contribution in [0.15, 0.2) is 66.9 Å². The Kier molecular flexibility index (Phi) is 11.6. The van der Waals surface area contributed by atoms with Crippen LogP contribution in [0.3, 0.4) is 0 Å². The number of nitrogens with zero attached hydrogens (tertiary/aromatic N) is 3. The Morgan fingerprint density at radius 3 is 2.49 bits per heavy atom. The molecule has 0 atom stereocenters. The maximum atomic E-state index is 13.9. The number of ether oxygens (including phenoxy) is 2. The standard InChI is InChI=1S/C38H42ClN5O7/c1-50-22-25-13-33(41-16-26(25)15-40-27(20-45)21-46)38(49)44-12-11-30-29(5-4-8-34(30)44)31-6-3-7-32(36(31)39)42-37(48)23-9-10-24(35(14-23)51-2)17-43-18-28(47)19-43/h3-10,13-14,16,27-28,40,45-47H,11-12,15,17-22H2,1-2H3,(H,42,48). The van der Waals surface area contributed by atoms with Gasteiger partial charge in [-0.1, -0.05) is 41.9 Å². The number of methoxy groups -OCH3 is 2. The van der Waals surface area contributed by atoms with E-state index in [2.05, 4.69) is 20.5 Å². The van der Waals surface area contributed by atoms with Gasteiger partial charge in [0.2, 0.25) is 0 Å². The topological polar surface area (TPSA) is 157 Å². The van der Waals surface area contributed by atoms with E-state index in [1.807, 2.05) is 36.4 Å². The SMILES string of the molecule is COCc1cc(C(=O)N2CCc3c(-c4cccc(NC(=O)c5ccc(CN6CC(O)C6)c(OC)c5)c4Cl)cccc32)ncc1CNC(CO)CO. The molecule has 4 aromatic rings. The second kappa shape index (κ2) is 16.3. The van der Waals surface area contributed by atoms with Crippen LogP contribution in [0.4, 0.5) is 11.4 Å². The predicted octanol–water partition coefficient (Wildman–Crippen LogP) is 3.63. The summed E-state index contributed by atoms with van der Waals surface area (Å²) in [5, 5.41) is 34.8. The third-order valence-electron chi connectivity index (χ3n) is 9.31. The Morgan fingerprint density at radius 1 is 1.00 bits per heavy atom. The van der Waals surface area contributed by atoms with Crippen molar-refractivity contribution in [2.45, 2.75) is 38.3 Å². The van der Waals surface area contributed by atoms with Crippen LogP contribution < -0.4 is 20.3 Å². The number of β-amino-alcohol motifs (C(OH)–C–C–N with tert-alkyl or cyclic N) is 1. The first kappa shape index (κ1) is 36.4. The summed E-state index contributed by atoms with van der Waals surface area (Å²) < 4.78 is 11.0. The molecule has 1 aromatic heterocycles. The first-order chi connectivity index (χ1) is 24.7. The highest BCUT2D eigenvalue weighted by atomic mass is 35.5. The summed E-state index contributed by atoms with van der Waals surface area (Å²) in [7, 11) is 3.14. The van der Waals surface area contributed by atoms with Crippen molar-refractivity contribution in [2.75, 3.05) is 57.3 Å². The van der Waals surface area contributed by atoms with Crippen LogP contribution in [0.2, 0.25) is 5.02 Å². The molecule has 13 heteroatoms. The largest absolute Gasteiger partial charge is 0.496 e. The Bertz CT molecular complexity index is 1900. The number of aromatic nitrogens is 1. The number of anilines is 2. The minimum atomic E-state index is -0.471. The van der Waals surface area contributed by atoms with Gasteiger partial charge >= 0.3 is 0 Å². The highest BCUT2D eigenvalue weighted by molar-refractivity contribution is 6.36. The van der Waals surface area contributed by atoms with Crippen molar-refractivity contribution in [3.05, 3.63) is 105 Å². The van der Waals surface area contributed by atoms with Gasteiger partial charge in [-0.3, -0.25) is 19.5 Å². The summed E-state index contributed by atoms with van der Waals surface area (Å²) in [6.07, 6.45) is 1.92. The van der Waals surface area contributed by atoms with Crippen LogP contribution in [-0.4, -0.2) is 96.2 Å². The van der Waals surface area contributed by atoms with Crippen LogP contribution in [0, 0.1) is 0 Å². The van der Waals surface area contributed by atoms with Crippen LogP contribution in [0.25, 0.3) is 11.1 Å². The Labute approximate surface area is 301 Å². The summed E-state index contributed by atoms with van der Waals surface area (Å²) >= 11 is 6.97. The molecular weight excluding hydrogens is 674 g/mol. The van der Waals surface area contributed by atoms with Crippen molar-refractivity contribution < 1.29 is 34.4 Å². The number of carbonyl (C=O) groups is 2. The van der Waals surface area contributed by atoms with Crippen molar-refractivity contribution in [3.8, 4) is 16.9 Å². The summed E-state index contributed by atoms with van der Waals surface area (Å²) in [5.74, 6) is 0.00890. The molecule has 0 spiro atoms. The number of aliphatic hydroxyl groups excluding tert-OH is 3. The first-order valence-electron chi connectivity index (χ1n) is 16.8. The summed E-state index contributed by atoms with van der Waals surface area (Å²) in [6, 6.07) is 17.8. The third kappa shape index (κ3) is 7.92. The molecule has 1 saturated heterocycles. The molecular formula is C38H42ClN5O7. The van der Waals surface area contributed by atoms with Gasteiger partial charge in [-0.2, -0.15) is 0 Å². The van der Waals surface area contributed by atoms with Crippen molar-refractivity contribution in [2.24, 2.45) is 0 Å². The Balaban J connectivity index is 1.20. The van der Waals surface area contributed by atoms with Gasteiger partial charge in [0.15, 0.2) is 0 Å². The van der Waals surface area contributed by atoms with Gasteiger partial charge in [0.1, 0.15) is 11.4 Å². The number of aliphatic hydroxyl groups is 3. The summed E-state index contributed by atoms with van der Waals surface area (Å²) in [4.78, 5) is 35.5. The lowest BCUT2D eigenvalue weighted by molar-refractivity contribution is -0.00321. The quantitative estimate of drug-likeness (QED) is 0.131. The predicted molar refractivity (Wildman–Crippen MR) is 194 cm³/mol. The average Bonchev–Trinajstić information content (AvgIpc) is 3.57. The van der Waals surface area contributed by atoms with Gasteiger partial charge in [0.25, 0.3) is 11.8 Å². The van der Waals surface area contributed by atoms with Crippen LogP contribution in [0.1, 0.15) is 43.1 Å². The highest BCUT2D eigenvalue weighted by Crippen LogP contribution is 2.41. The van der Waals surface area contributed by atoms with E-state index >= 15 is 0 Å². The molecule has 51 heavy (non-hydrogen) atoms. The summed E-state index contributed by atoms with van der Waals surface area (Å²) in [6.45, 7) is 2.47. The molecule has 6 rings (SSSR count). The van der Waals surface area contributed by atoms with Crippen LogP contribution in [-0.2, 0) is 30.9 Å². The number of fused-ring (bicyclic) bond motifs is 1. The molecule has 5 N–H and O–H groups in total. The van der Waals surface area contributed by atoms with Gasteiger partial charge in [0.05, 0.1) is 49.8 Å². The fraction of sp³-hybridized carbons (Fsp3) is 0.342. The van der Waals surface area contributed by atoms with Gasteiger partial charge in [-0.25, -0.2) is 0 Å². The molecule has 0 radical (unpaired) electrons. The molecule has 2 amide bonds. The fourth-order valence-electron chi connectivity index (χ4n) is 6.53. The third-order valence-corrected chi connectivity index (χ3v) is 9.72. The van der Waals surface area contributed by atoms with Crippen LogP contribution in [0.5, 0.6) is 5.75 Å². The van der Waals surface area contributed by atoms with Gasteiger partial charge < -0.3 is 40.3 Å². The molecule has 0 unspecified atom stereocenters. The van der Waals surface area contributed by atoms with Gasteiger partial charge in [-0.15, -0.1) is 0 Å². The number of benzene rings is 3. The number of halogens is 1. The van der Waals surface area contributed by atoms with E-state index in [4.69, 9.17) is 21.1 Å². The van der Waals surface area contributed by atoms with Crippen molar-refractivity contribution >= 4 is 34.8 Å². The zero-order valence-corrected chi connectivity index (χ0v) is 29.3. The maximum absolute atomic E-state index is 13.9. The molecule has 0 bridgehead atoms. The Morgan fingerprint density at radius 2 is 1.76 bits per heavy atom. The lowest BCUT2D eigenvalue weighted by atomic mass is 9.97. The molecule has 2 aliphatic heterocycles. The number of pyridine rings is 1. The molecule has 0 aliphatic carbocycles. The lowest BCUT2D eigenvalue weighted by Gasteiger charge is -2.36. The lowest BCUT2D eigenvalue weighted by Crippen LogP contribution is -2.49. The van der Waals surface area contributed by atoms with E-state index in [-0.39, 0.29) is 43.4 Å². The number of amides is 2. The van der Waals surface area contributed by atoms with Gasteiger partial charge in [0, 0.05) is 68.4 Å². The number of nitrogens with one attached hydrogen (secondary N) is 2. The molecule has 1 fully saturated rings. The number of hydrogen-bond donors (Lipinski definition) is 5. The fourth-order valence-corrected chi connectivity index (χ4v) is 6.80. The zero-order chi connectivity index (χ0) is 36.1. The van der Waals surface area contributed by atoms with E-state index in [0.717, 1.165) is 39.1 Å². The highest BCUT2D eigenvalue weighted by Gasteiger charge is 2.30. The van der Waals surface area contributed by atoms with E-state index in [1.54, 1.807) is 49.6 Å². The molecule has 2 aliphatic rings. The Hall–Kier alpha value is -4.40. The maximum Gasteiger partial charge on any atom is 0.276 e. The monoisotopic (exact) mass is 715 g/mol. The molecule has 3 aromatic carbocycles. The molecule has 268 valence electrons. The van der Waals surface area contributed by atoms with E-state index in [1.165, 1.54) is 0 Å². The smallest absolute Gasteiger partial charge is 0.276 e. The van der Waals surface area contributed by atoms with E-state index in [9.17, 15) is 24.9 Å². The number of hydrogen-bond acceptors (Lipinski definition) is 10. The molecule has 12 nitrogen and oxygen atoms in total. The van der Waals surface area contributed by atoms with Crippen LogP contribution >= 0.6 is 11.6 Å². The van der Waals surface area contributed by atoms with Crippen molar-refractivity contribution in [1.82, 2.24) is 15.2 Å². The summed E-state index contributed by atoms with van der Waals surface area (Å²) in [5.41, 5.74) is 6.96. The molecule has 3 heterocycles. The second-order valence-corrected chi connectivity index (χ2v) is 13.1. The van der Waals surface area contributed by atoms with Crippen molar-refractivity contribution in [3.63, 3.8) is 0 Å². The minimum absolute atomic E-state index is 0.211. The van der Waals surface area contributed by atoms with Gasteiger partial charge in [-0.05, 0) is 59.0 Å². The van der Waals surface area contributed by atoms with Crippen molar-refractivity contribution in [1.29, 1.82) is 0 Å². The first-order valence-corrected chi connectivity index (χ1v) is 17.2. The minimum Gasteiger partial charge on any atom is -0.496 e. The van der Waals surface area contributed by atoms with E-state index < -0.39 is 6.04 Å². The zero-order valence-electron chi connectivity index (χ0n) is 28.6.